The molecule has 0 aliphatic carbocycles. The Morgan fingerprint density at radius 2 is 2.11 bits per heavy atom. The Morgan fingerprint density at radius 1 is 1.37 bits per heavy atom. The number of alkyl halides is 3. The minimum Gasteiger partial charge on any atom is -0.466 e. The van der Waals surface area contributed by atoms with Crippen molar-refractivity contribution in [3.63, 3.8) is 0 Å². The van der Waals surface area contributed by atoms with Crippen LogP contribution in [0, 0.1) is 0 Å². The van der Waals surface area contributed by atoms with Gasteiger partial charge < -0.3 is 4.74 Å². The Balaban J connectivity index is 2.20. The lowest BCUT2D eigenvalue weighted by Gasteiger charge is -2.03. The van der Waals surface area contributed by atoms with E-state index in [1.54, 1.807) is 6.92 Å². The van der Waals surface area contributed by atoms with Crippen LogP contribution in [0.3, 0.4) is 0 Å². The highest BCUT2D eigenvalue weighted by molar-refractivity contribution is 5.69. The molecule has 0 aliphatic heterocycles. The second kappa shape index (κ2) is 7.16. The number of carbonyl (C=O) groups excluding carboxylic acids is 1. The van der Waals surface area contributed by atoms with Crippen LogP contribution in [0.15, 0.2) is 12.4 Å². The Hall–Kier alpha value is -1.53. The molecule has 1 rings (SSSR count). The normalized spacial score (nSPS) is 11.6. The van der Waals surface area contributed by atoms with Gasteiger partial charge in [-0.3, -0.25) is 9.48 Å². The van der Waals surface area contributed by atoms with Crippen molar-refractivity contribution in [1.29, 1.82) is 0 Å². The maximum Gasteiger partial charge on any atom is 0.419 e. The molecule has 0 spiro atoms. The monoisotopic (exact) mass is 278 g/mol. The first-order chi connectivity index (χ1) is 8.93. The number of halogens is 3. The second-order valence-corrected chi connectivity index (χ2v) is 4.11. The molecule has 0 aliphatic rings. The lowest BCUT2D eigenvalue weighted by atomic mass is 10.2. The van der Waals surface area contributed by atoms with Crippen molar-refractivity contribution >= 4 is 5.97 Å². The van der Waals surface area contributed by atoms with E-state index in [1.165, 1.54) is 4.68 Å². The summed E-state index contributed by atoms with van der Waals surface area (Å²) in [6.07, 6.45) is -0.0858. The number of hydrogen-bond donors (Lipinski definition) is 0. The number of aryl methyl sites for hydroxylation is 1. The van der Waals surface area contributed by atoms with Gasteiger partial charge in [0.1, 0.15) is 0 Å². The topological polar surface area (TPSA) is 44.1 Å². The van der Waals surface area contributed by atoms with Gasteiger partial charge in [0.05, 0.1) is 18.4 Å². The summed E-state index contributed by atoms with van der Waals surface area (Å²) in [6.45, 7) is 2.53. The standard InChI is InChI=1S/C12H17F3N2O2/c1-2-19-11(18)6-4-3-5-7-17-9-10(8-16-17)12(13,14)15/h8-9H,2-7H2,1H3. The Bertz CT molecular complexity index is 402. The average molecular weight is 278 g/mol. The molecule has 0 bridgehead atoms. The van der Waals surface area contributed by atoms with Crippen LogP contribution in [-0.2, 0) is 22.3 Å². The molecule has 1 aromatic rings. The number of nitrogens with zero attached hydrogens (tertiary/aromatic N) is 2. The molecule has 0 aromatic carbocycles. The van der Waals surface area contributed by atoms with Gasteiger partial charge >= 0.3 is 12.1 Å². The first-order valence-electron chi connectivity index (χ1n) is 6.18. The number of rotatable bonds is 7. The van der Waals surface area contributed by atoms with Gasteiger partial charge in [-0.05, 0) is 19.8 Å². The van der Waals surface area contributed by atoms with E-state index in [9.17, 15) is 18.0 Å². The molecule has 108 valence electrons. The smallest absolute Gasteiger partial charge is 0.419 e. The first kappa shape index (κ1) is 15.5. The van der Waals surface area contributed by atoms with Crippen LogP contribution >= 0.6 is 0 Å². The van der Waals surface area contributed by atoms with E-state index in [0.29, 0.717) is 32.4 Å². The highest BCUT2D eigenvalue weighted by Crippen LogP contribution is 2.28. The number of esters is 1. The number of ether oxygens (including phenoxy) is 1. The van der Waals surface area contributed by atoms with Crippen LogP contribution in [-0.4, -0.2) is 22.4 Å². The van der Waals surface area contributed by atoms with Crippen LogP contribution in [0.25, 0.3) is 0 Å². The molecule has 1 aromatic heterocycles. The third-order valence-corrected chi connectivity index (χ3v) is 2.53. The first-order valence-corrected chi connectivity index (χ1v) is 6.18. The molecule has 4 nitrogen and oxygen atoms in total. The summed E-state index contributed by atoms with van der Waals surface area (Å²) in [7, 11) is 0. The number of unbranched alkanes of at least 4 members (excludes halogenated alkanes) is 2. The molecular weight excluding hydrogens is 261 g/mol. The fraction of sp³-hybridized carbons (Fsp3) is 0.667. The summed E-state index contributed by atoms with van der Waals surface area (Å²) in [4.78, 5) is 11.0. The van der Waals surface area contributed by atoms with Crippen LogP contribution < -0.4 is 0 Å². The van der Waals surface area contributed by atoms with Crippen LogP contribution in [0.1, 0.15) is 38.2 Å². The largest absolute Gasteiger partial charge is 0.466 e. The van der Waals surface area contributed by atoms with Gasteiger partial charge in [0.2, 0.25) is 0 Å². The second-order valence-electron chi connectivity index (χ2n) is 4.11. The molecule has 0 N–H and O–H groups in total. The zero-order chi connectivity index (χ0) is 14.3. The minimum absolute atomic E-state index is 0.235. The summed E-state index contributed by atoms with van der Waals surface area (Å²) in [5, 5.41) is 3.65. The van der Waals surface area contributed by atoms with E-state index in [4.69, 9.17) is 4.74 Å². The third kappa shape index (κ3) is 5.76. The molecule has 0 radical (unpaired) electrons. The van der Waals surface area contributed by atoms with Gasteiger partial charge in [0, 0.05) is 19.2 Å². The van der Waals surface area contributed by atoms with Crippen LogP contribution in [0.2, 0.25) is 0 Å². The lowest BCUT2D eigenvalue weighted by Crippen LogP contribution is -2.04. The molecule has 19 heavy (non-hydrogen) atoms. The SMILES string of the molecule is CCOC(=O)CCCCCn1cc(C(F)(F)F)cn1. The molecule has 0 saturated carbocycles. The van der Waals surface area contributed by atoms with Gasteiger partial charge in [-0.15, -0.1) is 0 Å². The van der Waals surface area contributed by atoms with E-state index in [1.807, 2.05) is 0 Å². The predicted octanol–water partition coefficient (Wildman–Crippen LogP) is 3.03. The van der Waals surface area contributed by atoms with E-state index < -0.39 is 11.7 Å². The zero-order valence-electron chi connectivity index (χ0n) is 10.7. The van der Waals surface area contributed by atoms with E-state index in [0.717, 1.165) is 18.8 Å². The zero-order valence-corrected chi connectivity index (χ0v) is 10.7. The highest BCUT2D eigenvalue weighted by Gasteiger charge is 2.31. The fourth-order valence-electron chi connectivity index (χ4n) is 1.59. The highest BCUT2D eigenvalue weighted by atomic mass is 19.4. The summed E-state index contributed by atoms with van der Waals surface area (Å²) in [5.41, 5.74) is -0.737. The van der Waals surface area contributed by atoms with Gasteiger partial charge in [0.15, 0.2) is 0 Å². The molecule has 0 unspecified atom stereocenters. The molecule has 7 heteroatoms. The van der Waals surface area contributed by atoms with Gasteiger partial charge in [-0.25, -0.2) is 0 Å². The molecule has 0 saturated heterocycles. The minimum atomic E-state index is -4.35. The molecular formula is C12H17F3N2O2. The molecule has 0 fully saturated rings. The predicted molar refractivity (Wildman–Crippen MR) is 62.3 cm³/mol. The van der Waals surface area contributed by atoms with Crippen molar-refractivity contribution in [3.8, 4) is 0 Å². The van der Waals surface area contributed by atoms with E-state index in [2.05, 4.69) is 5.10 Å². The Morgan fingerprint density at radius 3 is 2.68 bits per heavy atom. The summed E-state index contributed by atoms with van der Waals surface area (Å²) < 4.78 is 42.9. The maximum absolute atomic E-state index is 12.3. The molecule has 1 heterocycles. The quantitative estimate of drug-likeness (QED) is 0.569. The van der Waals surface area contributed by atoms with Crippen molar-refractivity contribution in [2.75, 3.05) is 6.61 Å². The van der Waals surface area contributed by atoms with E-state index >= 15 is 0 Å². The van der Waals surface area contributed by atoms with Crippen molar-refractivity contribution in [1.82, 2.24) is 9.78 Å². The Labute approximate surface area is 109 Å². The number of hydrogen-bond acceptors (Lipinski definition) is 3. The number of aromatic nitrogens is 2. The van der Waals surface area contributed by atoms with Crippen molar-refractivity contribution < 1.29 is 22.7 Å². The summed E-state index contributed by atoms with van der Waals surface area (Å²) in [5.74, 6) is -0.235. The fourth-order valence-corrected chi connectivity index (χ4v) is 1.59. The third-order valence-electron chi connectivity index (χ3n) is 2.53. The van der Waals surface area contributed by atoms with Gasteiger partial charge in [-0.2, -0.15) is 18.3 Å². The molecule has 0 amide bonds. The van der Waals surface area contributed by atoms with E-state index in [-0.39, 0.29) is 5.97 Å². The Kier molecular flexibility index (Phi) is 5.85. The summed E-state index contributed by atoms with van der Waals surface area (Å²) >= 11 is 0. The number of carbonyl (C=O) groups is 1. The average Bonchev–Trinajstić information content (AvgIpc) is 2.77. The van der Waals surface area contributed by atoms with Gasteiger partial charge in [-0.1, -0.05) is 6.42 Å². The van der Waals surface area contributed by atoms with Crippen LogP contribution in [0.4, 0.5) is 13.2 Å². The van der Waals surface area contributed by atoms with Gasteiger partial charge in [0.25, 0.3) is 0 Å². The maximum atomic E-state index is 12.3. The summed E-state index contributed by atoms with van der Waals surface area (Å²) in [6, 6.07) is 0. The van der Waals surface area contributed by atoms with Crippen LogP contribution in [0.5, 0.6) is 0 Å². The lowest BCUT2D eigenvalue weighted by molar-refractivity contribution is -0.143. The van der Waals surface area contributed by atoms with Crippen molar-refractivity contribution in [3.05, 3.63) is 18.0 Å². The van der Waals surface area contributed by atoms with Crippen molar-refractivity contribution in [2.45, 2.75) is 45.3 Å². The molecule has 0 atom stereocenters. The van der Waals surface area contributed by atoms with Crippen molar-refractivity contribution in [2.24, 2.45) is 0 Å².